The molecule has 1 aromatic rings. The van der Waals surface area contributed by atoms with Gasteiger partial charge < -0.3 is 9.31 Å². The van der Waals surface area contributed by atoms with E-state index in [2.05, 4.69) is 9.69 Å². The zero-order chi connectivity index (χ0) is 14.3. The summed E-state index contributed by atoms with van der Waals surface area (Å²) in [5.74, 6) is 0. The summed E-state index contributed by atoms with van der Waals surface area (Å²) in [5.41, 5.74) is 0.725. The average Bonchev–Trinajstić information content (AvgIpc) is 2.58. The van der Waals surface area contributed by atoms with E-state index in [1.807, 2.05) is 27.7 Å². The topological polar surface area (TPSA) is 27.2 Å². The lowest BCUT2D eigenvalue weighted by Gasteiger charge is -2.32. The monoisotopic (exact) mass is 254 g/mol. The Hall–Kier alpha value is -1.82. The summed E-state index contributed by atoms with van der Waals surface area (Å²) in [5, 5.41) is 0. The molecule has 0 saturated carbocycles. The quantitative estimate of drug-likeness (QED) is 0.568. The van der Waals surface area contributed by atoms with Gasteiger partial charge in [-0.1, -0.05) is 18.2 Å². The van der Waals surface area contributed by atoms with Gasteiger partial charge in [0, 0.05) is 0 Å². The number of hydrogen-bond donors (Lipinski definition) is 0. The zero-order valence-electron chi connectivity index (χ0n) is 11.5. The van der Waals surface area contributed by atoms with Gasteiger partial charge in [0.15, 0.2) is 11.4 Å². The maximum atomic E-state index is 7.08. The van der Waals surface area contributed by atoms with E-state index in [4.69, 9.17) is 22.5 Å². The number of benzene rings is 1. The predicted octanol–water partition coefficient (Wildman–Crippen LogP) is 3.09. The molecule has 0 bridgehead atoms. The van der Waals surface area contributed by atoms with Crippen LogP contribution in [0.5, 0.6) is 0 Å². The molecular weight excluding hydrogens is 239 g/mol. The van der Waals surface area contributed by atoms with E-state index in [1.54, 1.807) is 18.2 Å². The number of rotatable bonds is 1. The van der Waals surface area contributed by atoms with Crippen molar-refractivity contribution in [3.63, 3.8) is 0 Å². The minimum Gasteiger partial charge on any atom is -0.399 e. The van der Waals surface area contributed by atoms with E-state index in [-0.39, 0.29) is 0 Å². The highest BCUT2D eigenvalue weighted by Gasteiger charge is 2.51. The van der Waals surface area contributed by atoms with Crippen LogP contribution in [0.25, 0.3) is 9.69 Å². The van der Waals surface area contributed by atoms with Crippen molar-refractivity contribution in [3.05, 3.63) is 41.0 Å². The van der Waals surface area contributed by atoms with E-state index in [1.165, 1.54) is 0 Å². The van der Waals surface area contributed by atoms with Crippen molar-refractivity contribution in [1.29, 1.82) is 0 Å². The van der Waals surface area contributed by atoms with Crippen molar-refractivity contribution in [1.82, 2.24) is 0 Å². The van der Waals surface area contributed by atoms with Crippen LogP contribution in [0.15, 0.2) is 18.2 Å². The summed E-state index contributed by atoms with van der Waals surface area (Å²) < 4.78 is 11.8. The van der Waals surface area contributed by atoms with Gasteiger partial charge >= 0.3 is 7.12 Å². The fraction of sp³-hybridized carbons (Fsp3) is 0.429. The minimum atomic E-state index is -0.535. The molecule has 4 nitrogen and oxygen atoms in total. The Morgan fingerprint density at radius 3 is 1.68 bits per heavy atom. The molecule has 1 aromatic carbocycles. The van der Waals surface area contributed by atoms with Crippen LogP contribution in [0, 0.1) is 13.1 Å². The van der Waals surface area contributed by atoms with Crippen LogP contribution in [-0.2, 0) is 9.31 Å². The van der Waals surface area contributed by atoms with E-state index in [0.717, 1.165) is 5.46 Å². The molecule has 1 aliphatic heterocycles. The highest BCUT2D eigenvalue weighted by molar-refractivity contribution is 6.62. The molecule has 0 aliphatic carbocycles. The van der Waals surface area contributed by atoms with Crippen molar-refractivity contribution in [2.24, 2.45) is 0 Å². The van der Waals surface area contributed by atoms with Gasteiger partial charge in [0.25, 0.3) is 0 Å². The Bertz CT molecular complexity index is 548. The SMILES string of the molecule is [C-]#[N+]c1cc([N+]#[C-])cc(B2OC(C)(C)C(C)(C)O2)c1. The Balaban J connectivity index is 2.40. The van der Waals surface area contributed by atoms with Crippen molar-refractivity contribution in [3.8, 4) is 0 Å². The third-order valence-corrected chi connectivity index (χ3v) is 3.71. The molecule has 0 amide bonds. The molecule has 0 aromatic heterocycles. The van der Waals surface area contributed by atoms with E-state index >= 15 is 0 Å². The highest BCUT2D eigenvalue weighted by atomic mass is 16.7. The Kier molecular flexibility index (Phi) is 3.14. The Morgan fingerprint density at radius 1 is 0.895 bits per heavy atom. The molecule has 0 spiro atoms. The Labute approximate surface area is 114 Å². The second kappa shape index (κ2) is 4.38. The molecule has 5 heteroatoms. The van der Waals surface area contributed by atoms with E-state index in [0.29, 0.717) is 11.4 Å². The molecule has 1 aliphatic rings. The predicted molar refractivity (Wildman–Crippen MR) is 74.7 cm³/mol. The molecule has 19 heavy (non-hydrogen) atoms. The lowest BCUT2D eigenvalue weighted by Crippen LogP contribution is -2.41. The molecule has 1 saturated heterocycles. The second-order valence-electron chi connectivity index (χ2n) is 5.59. The molecule has 0 N–H and O–H groups in total. The fourth-order valence-corrected chi connectivity index (χ4v) is 1.86. The lowest BCUT2D eigenvalue weighted by molar-refractivity contribution is 0.00578. The van der Waals surface area contributed by atoms with Gasteiger partial charge in [-0.2, -0.15) is 0 Å². The van der Waals surface area contributed by atoms with E-state index < -0.39 is 18.3 Å². The summed E-state index contributed by atoms with van der Waals surface area (Å²) in [4.78, 5) is 6.76. The van der Waals surface area contributed by atoms with Crippen molar-refractivity contribution < 1.29 is 9.31 Å². The van der Waals surface area contributed by atoms with Crippen LogP contribution in [0.4, 0.5) is 11.4 Å². The fourth-order valence-electron chi connectivity index (χ4n) is 1.86. The smallest absolute Gasteiger partial charge is 0.399 e. The first kappa shape index (κ1) is 13.6. The van der Waals surface area contributed by atoms with Crippen LogP contribution in [0.2, 0.25) is 0 Å². The molecule has 1 heterocycles. The summed E-state index contributed by atoms with van der Waals surface area (Å²) in [6, 6.07) is 4.99. The zero-order valence-corrected chi connectivity index (χ0v) is 11.5. The maximum Gasteiger partial charge on any atom is 0.492 e. The third kappa shape index (κ3) is 2.36. The highest BCUT2D eigenvalue weighted by Crippen LogP contribution is 2.37. The standard InChI is InChI=1S/C14H15BN2O2/c1-13(2)14(3,4)19-15(18-13)10-7-11(16-5)9-12(8-10)17-6/h7-9H,1-4H3. The van der Waals surface area contributed by atoms with Crippen LogP contribution >= 0.6 is 0 Å². The van der Waals surface area contributed by atoms with E-state index in [9.17, 15) is 0 Å². The third-order valence-electron chi connectivity index (χ3n) is 3.71. The van der Waals surface area contributed by atoms with Gasteiger partial charge in [-0.05, 0) is 33.2 Å². The molecule has 1 fully saturated rings. The maximum absolute atomic E-state index is 7.08. The van der Waals surface area contributed by atoms with Gasteiger partial charge in [0.05, 0.1) is 24.3 Å². The van der Waals surface area contributed by atoms with Crippen molar-refractivity contribution in [2.45, 2.75) is 38.9 Å². The van der Waals surface area contributed by atoms with Gasteiger partial charge in [-0.15, -0.1) is 0 Å². The van der Waals surface area contributed by atoms with Crippen LogP contribution < -0.4 is 5.46 Å². The van der Waals surface area contributed by atoms with Gasteiger partial charge in [-0.25, -0.2) is 9.69 Å². The van der Waals surface area contributed by atoms with Crippen molar-refractivity contribution in [2.75, 3.05) is 0 Å². The van der Waals surface area contributed by atoms with Crippen LogP contribution in [0.3, 0.4) is 0 Å². The van der Waals surface area contributed by atoms with Crippen molar-refractivity contribution >= 4 is 24.0 Å². The largest absolute Gasteiger partial charge is 0.492 e. The summed E-state index contributed by atoms with van der Waals surface area (Å²) >= 11 is 0. The van der Waals surface area contributed by atoms with Crippen LogP contribution in [-0.4, -0.2) is 18.3 Å². The molecule has 0 unspecified atom stereocenters. The molecule has 0 atom stereocenters. The molecule has 2 rings (SSSR count). The average molecular weight is 254 g/mol. The van der Waals surface area contributed by atoms with Gasteiger partial charge in [0.2, 0.25) is 0 Å². The first-order valence-corrected chi connectivity index (χ1v) is 6.04. The number of hydrogen-bond acceptors (Lipinski definition) is 2. The first-order chi connectivity index (χ1) is 8.79. The summed E-state index contributed by atoms with van der Waals surface area (Å²) in [6.07, 6.45) is 0. The second-order valence-corrected chi connectivity index (χ2v) is 5.59. The lowest BCUT2D eigenvalue weighted by atomic mass is 9.78. The van der Waals surface area contributed by atoms with Crippen LogP contribution in [0.1, 0.15) is 27.7 Å². The first-order valence-electron chi connectivity index (χ1n) is 6.04. The van der Waals surface area contributed by atoms with Gasteiger partial charge in [0.1, 0.15) is 0 Å². The molecular formula is C14H15BN2O2. The normalized spacial score (nSPS) is 19.8. The summed E-state index contributed by atoms with van der Waals surface area (Å²) in [7, 11) is -0.535. The molecule has 96 valence electrons. The minimum absolute atomic E-state index is 0.427. The number of nitrogens with zero attached hydrogens (tertiary/aromatic N) is 2. The molecule has 0 radical (unpaired) electrons. The summed E-state index contributed by atoms with van der Waals surface area (Å²) in [6.45, 7) is 22.1. The Morgan fingerprint density at radius 2 is 1.32 bits per heavy atom. The van der Waals surface area contributed by atoms with Gasteiger partial charge in [-0.3, -0.25) is 0 Å².